The van der Waals surface area contributed by atoms with Gasteiger partial charge in [-0.1, -0.05) is 0 Å². The molecule has 0 radical (unpaired) electrons. The fourth-order valence-corrected chi connectivity index (χ4v) is 1.06. The zero-order valence-electron chi connectivity index (χ0n) is 6.38. The topological polar surface area (TPSA) is 76.9 Å². The van der Waals surface area contributed by atoms with Gasteiger partial charge >= 0.3 is 0 Å². The van der Waals surface area contributed by atoms with E-state index in [0.717, 1.165) is 12.8 Å². The van der Waals surface area contributed by atoms with E-state index in [4.69, 9.17) is 16.4 Å². The molecule has 4 heteroatoms. The van der Waals surface area contributed by atoms with E-state index in [0.29, 0.717) is 19.0 Å². The lowest BCUT2D eigenvalue weighted by atomic mass is 10.4. The standard InChI is InChI=1S/C7H12N4/c8-4-1-5-11(7(9)10)6-2-3-6/h6H,1-3,5H2,(H3,9,10). The third-order valence-electron chi connectivity index (χ3n) is 1.76. The van der Waals surface area contributed by atoms with Gasteiger partial charge in [0.15, 0.2) is 5.96 Å². The van der Waals surface area contributed by atoms with Gasteiger partial charge in [-0.05, 0) is 12.8 Å². The SMILES string of the molecule is N#CCCN(C(=N)N)C1CC1. The fourth-order valence-electron chi connectivity index (χ4n) is 1.06. The molecule has 0 aromatic carbocycles. The molecule has 1 aliphatic carbocycles. The highest BCUT2D eigenvalue weighted by atomic mass is 15.3. The molecule has 0 atom stereocenters. The molecule has 0 aromatic heterocycles. The number of nitrogens with zero attached hydrogens (tertiary/aromatic N) is 2. The Morgan fingerprint density at radius 3 is 2.73 bits per heavy atom. The van der Waals surface area contributed by atoms with E-state index < -0.39 is 0 Å². The van der Waals surface area contributed by atoms with Crippen molar-refractivity contribution in [2.24, 2.45) is 5.73 Å². The minimum absolute atomic E-state index is 0.0998. The summed E-state index contributed by atoms with van der Waals surface area (Å²) in [5.41, 5.74) is 5.32. The highest BCUT2D eigenvalue weighted by molar-refractivity contribution is 5.75. The summed E-state index contributed by atoms with van der Waals surface area (Å²) in [6.07, 6.45) is 2.69. The van der Waals surface area contributed by atoms with E-state index >= 15 is 0 Å². The zero-order valence-corrected chi connectivity index (χ0v) is 6.38. The summed E-state index contributed by atoms with van der Waals surface area (Å²) in [7, 11) is 0. The third-order valence-corrected chi connectivity index (χ3v) is 1.76. The maximum absolute atomic E-state index is 8.31. The van der Waals surface area contributed by atoms with Gasteiger partial charge in [-0.3, -0.25) is 5.41 Å². The van der Waals surface area contributed by atoms with Crippen LogP contribution in [0.15, 0.2) is 0 Å². The molecule has 0 aromatic rings. The van der Waals surface area contributed by atoms with Gasteiger partial charge in [0.1, 0.15) is 0 Å². The molecule has 60 valence electrons. The van der Waals surface area contributed by atoms with Crippen LogP contribution < -0.4 is 5.73 Å². The van der Waals surface area contributed by atoms with Crippen LogP contribution in [-0.4, -0.2) is 23.4 Å². The first kappa shape index (κ1) is 7.86. The van der Waals surface area contributed by atoms with Crippen LogP contribution in [0.2, 0.25) is 0 Å². The van der Waals surface area contributed by atoms with Crippen molar-refractivity contribution < 1.29 is 0 Å². The van der Waals surface area contributed by atoms with Crippen molar-refractivity contribution in [3.05, 3.63) is 0 Å². The van der Waals surface area contributed by atoms with Crippen molar-refractivity contribution in [2.45, 2.75) is 25.3 Å². The van der Waals surface area contributed by atoms with Crippen molar-refractivity contribution in [2.75, 3.05) is 6.54 Å². The average Bonchev–Trinajstić information content (AvgIpc) is 2.71. The Hall–Kier alpha value is -1.24. The number of nitrogens with one attached hydrogen (secondary N) is 1. The molecule has 4 nitrogen and oxygen atoms in total. The van der Waals surface area contributed by atoms with Gasteiger partial charge in [0.2, 0.25) is 0 Å². The van der Waals surface area contributed by atoms with Gasteiger partial charge < -0.3 is 10.6 Å². The largest absolute Gasteiger partial charge is 0.370 e. The van der Waals surface area contributed by atoms with Crippen molar-refractivity contribution in [1.82, 2.24) is 4.90 Å². The Morgan fingerprint density at radius 2 is 2.36 bits per heavy atom. The van der Waals surface area contributed by atoms with Crippen molar-refractivity contribution in [1.29, 1.82) is 10.7 Å². The molecular formula is C7H12N4. The summed E-state index contributed by atoms with van der Waals surface area (Å²) in [5, 5.41) is 15.5. The van der Waals surface area contributed by atoms with Gasteiger partial charge in [-0.15, -0.1) is 0 Å². The molecule has 0 heterocycles. The van der Waals surface area contributed by atoms with E-state index in [1.165, 1.54) is 0 Å². The molecule has 11 heavy (non-hydrogen) atoms. The van der Waals surface area contributed by atoms with Crippen LogP contribution in [0.3, 0.4) is 0 Å². The molecular weight excluding hydrogens is 140 g/mol. The molecule has 1 saturated carbocycles. The quantitative estimate of drug-likeness (QED) is 0.449. The number of hydrogen-bond acceptors (Lipinski definition) is 2. The van der Waals surface area contributed by atoms with Crippen molar-refractivity contribution in [3.63, 3.8) is 0 Å². The van der Waals surface area contributed by atoms with Gasteiger partial charge in [-0.2, -0.15) is 5.26 Å². The summed E-state index contributed by atoms with van der Waals surface area (Å²) in [6, 6.07) is 2.49. The van der Waals surface area contributed by atoms with Gasteiger partial charge in [0.25, 0.3) is 0 Å². The fraction of sp³-hybridized carbons (Fsp3) is 0.714. The second-order valence-corrected chi connectivity index (χ2v) is 2.72. The minimum atomic E-state index is 0.0998. The highest BCUT2D eigenvalue weighted by Gasteiger charge is 2.29. The average molecular weight is 152 g/mol. The van der Waals surface area contributed by atoms with Crippen LogP contribution in [0.4, 0.5) is 0 Å². The van der Waals surface area contributed by atoms with E-state index in [1.807, 2.05) is 6.07 Å². The van der Waals surface area contributed by atoms with Gasteiger partial charge in [-0.25, -0.2) is 0 Å². The first-order valence-corrected chi connectivity index (χ1v) is 3.73. The van der Waals surface area contributed by atoms with Crippen LogP contribution in [0.1, 0.15) is 19.3 Å². The van der Waals surface area contributed by atoms with E-state index in [1.54, 1.807) is 4.90 Å². The first-order chi connectivity index (χ1) is 5.25. The van der Waals surface area contributed by atoms with Crippen LogP contribution in [-0.2, 0) is 0 Å². The second-order valence-electron chi connectivity index (χ2n) is 2.72. The van der Waals surface area contributed by atoms with Crippen molar-refractivity contribution >= 4 is 5.96 Å². The molecule has 0 unspecified atom stereocenters. The normalized spacial score (nSPS) is 15.5. The van der Waals surface area contributed by atoms with Gasteiger partial charge in [0.05, 0.1) is 12.5 Å². The van der Waals surface area contributed by atoms with E-state index in [-0.39, 0.29) is 5.96 Å². The number of rotatable bonds is 3. The van der Waals surface area contributed by atoms with Crippen LogP contribution in [0.25, 0.3) is 0 Å². The van der Waals surface area contributed by atoms with E-state index in [2.05, 4.69) is 0 Å². The Balaban J connectivity index is 2.34. The maximum Gasteiger partial charge on any atom is 0.188 e. The van der Waals surface area contributed by atoms with Crippen molar-refractivity contribution in [3.8, 4) is 6.07 Å². The summed E-state index contributed by atoms with van der Waals surface area (Å²) in [4.78, 5) is 1.79. The Bertz CT molecular complexity index is 189. The van der Waals surface area contributed by atoms with E-state index in [9.17, 15) is 0 Å². The molecule has 1 fully saturated rings. The number of nitriles is 1. The maximum atomic E-state index is 8.31. The Labute approximate surface area is 66.1 Å². The molecule has 3 N–H and O–H groups in total. The lowest BCUT2D eigenvalue weighted by molar-refractivity contribution is 0.411. The number of hydrogen-bond donors (Lipinski definition) is 2. The molecule has 0 bridgehead atoms. The molecule has 1 rings (SSSR count). The second kappa shape index (κ2) is 3.24. The number of nitrogens with two attached hydrogens (primary N) is 1. The van der Waals surface area contributed by atoms with Crippen LogP contribution >= 0.6 is 0 Å². The molecule has 1 aliphatic rings. The summed E-state index contributed by atoms with van der Waals surface area (Å²) < 4.78 is 0. The van der Waals surface area contributed by atoms with Gasteiger partial charge in [0, 0.05) is 12.6 Å². The Morgan fingerprint density at radius 1 is 1.73 bits per heavy atom. The molecule has 0 spiro atoms. The lowest BCUT2D eigenvalue weighted by Gasteiger charge is -2.20. The summed E-state index contributed by atoms with van der Waals surface area (Å²) >= 11 is 0. The summed E-state index contributed by atoms with van der Waals surface area (Å²) in [5.74, 6) is 0.0998. The predicted molar refractivity (Wildman–Crippen MR) is 41.9 cm³/mol. The smallest absolute Gasteiger partial charge is 0.188 e. The lowest BCUT2D eigenvalue weighted by Crippen LogP contribution is -2.38. The van der Waals surface area contributed by atoms with Crippen LogP contribution in [0, 0.1) is 16.7 Å². The molecule has 0 aliphatic heterocycles. The monoisotopic (exact) mass is 152 g/mol. The highest BCUT2D eigenvalue weighted by Crippen LogP contribution is 2.26. The molecule has 0 amide bonds. The predicted octanol–water partition coefficient (Wildman–Crippen LogP) is 0.258. The number of guanidine groups is 1. The molecule has 0 saturated heterocycles. The Kier molecular flexibility index (Phi) is 2.32. The zero-order chi connectivity index (χ0) is 8.27. The minimum Gasteiger partial charge on any atom is -0.370 e. The van der Waals surface area contributed by atoms with Crippen LogP contribution in [0.5, 0.6) is 0 Å². The summed E-state index contributed by atoms with van der Waals surface area (Å²) in [6.45, 7) is 0.608. The third kappa shape index (κ3) is 2.11. The first-order valence-electron chi connectivity index (χ1n) is 3.73.